The summed E-state index contributed by atoms with van der Waals surface area (Å²) in [5.74, 6) is -1.64. The minimum absolute atomic E-state index is 0.0383. The zero-order valence-corrected chi connectivity index (χ0v) is 14.9. The highest BCUT2D eigenvalue weighted by Gasteiger charge is 2.19. The van der Waals surface area contributed by atoms with Crippen molar-refractivity contribution in [1.29, 1.82) is 0 Å². The predicted octanol–water partition coefficient (Wildman–Crippen LogP) is 3.18. The normalized spacial score (nSPS) is 10.5. The Morgan fingerprint density at radius 1 is 1.00 bits per heavy atom. The zero-order valence-electron chi connectivity index (χ0n) is 14.9. The number of halogens is 1. The summed E-state index contributed by atoms with van der Waals surface area (Å²) in [5.41, 5.74) is 0.990. The summed E-state index contributed by atoms with van der Waals surface area (Å²) >= 11 is 0. The van der Waals surface area contributed by atoms with Gasteiger partial charge in [-0.25, -0.2) is 9.18 Å². The number of ether oxygens (including phenoxy) is 2. The fourth-order valence-electron chi connectivity index (χ4n) is 2.30. The minimum Gasteiger partial charge on any atom is -0.479 e. The summed E-state index contributed by atoms with van der Waals surface area (Å²) in [4.78, 5) is 25.7. The molecular weight excluding hydrogens is 337 g/mol. The smallest absolute Gasteiger partial charge is 0.344 e. The van der Waals surface area contributed by atoms with Gasteiger partial charge in [0.1, 0.15) is 0 Å². The highest BCUT2D eigenvalue weighted by atomic mass is 19.1. The molecule has 5 nitrogen and oxygen atoms in total. The van der Waals surface area contributed by atoms with Crippen LogP contribution in [0.3, 0.4) is 0 Å². The van der Waals surface area contributed by atoms with Crippen LogP contribution in [0.1, 0.15) is 19.4 Å². The number of hydrogen-bond donors (Lipinski definition) is 0. The number of nitrogens with zero attached hydrogens (tertiary/aromatic N) is 1. The van der Waals surface area contributed by atoms with Gasteiger partial charge in [-0.05, 0) is 31.5 Å². The van der Waals surface area contributed by atoms with E-state index in [-0.39, 0.29) is 24.3 Å². The molecule has 0 saturated heterocycles. The third-order valence-corrected chi connectivity index (χ3v) is 3.68. The largest absolute Gasteiger partial charge is 0.479 e. The van der Waals surface area contributed by atoms with E-state index in [1.54, 1.807) is 11.0 Å². The second kappa shape index (κ2) is 9.56. The lowest BCUT2D eigenvalue weighted by Crippen LogP contribution is -2.39. The molecule has 2 aromatic rings. The second-order valence-corrected chi connectivity index (χ2v) is 5.98. The van der Waals surface area contributed by atoms with Crippen molar-refractivity contribution in [1.82, 2.24) is 4.90 Å². The second-order valence-electron chi connectivity index (χ2n) is 5.98. The summed E-state index contributed by atoms with van der Waals surface area (Å²) in [6, 6.07) is 15.3. The lowest BCUT2D eigenvalue weighted by atomic mass is 10.2. The molecule has 0 radical (unpaired) electrons. The van der Waals surface area contributed by atoms with Crippen molar-refractivity contribution in [2.75, 3.05) is 13.2 Å². The molecule has 0 aliphatic carbocycles. The van der Waals surface area contributed by atoms with Gasteiger partial charge in [-0.15, -0.1) is 0 Å². The van der Waals surface area contributed by atoms with E-state index in [0.29, 0.717) is 6.54 Å². The first kappa shape index (κ1) is 19.4. The molecule has 0 spiro atoms. The molecule has 0 aliphatic heterocycles. The van der Waals surface area contributed by atoms with Gasteiger partial charge >= 0.3 is 5.97 Å². The number of para-hydroxylation sites is 1. The monoisotopic (exact) mass is 359 g/mol. The van der Waals surface area contributed by atoms with Crippen molar-refractivity contribution >= 4 is 11.9 Å². The number of rotatable bonds is 8. The fraction of sp³-hybridized carbons (Fsp3) is 0.300. The van der Waals surface area contributed by atoms with E-state index in [0.717, 1.165) is 5.56 Å². The number of esters is 1. The van der Waals surface area contributed by atoms with Crippen molar-refractivity contribution in [2.24, 2.45) is 0 Å². The Kier molecular flexibility index (Phi) is 7.14. The SMILES string of the molecule is CC(C)N(Cc1ccccc1)C(=O)COC(=O)COc1ccccc1F. The number of benzene rings is 2. The predicted molar refractivity (Wildman–Crippen MR) is 95.0 cm³/mol. The van der Waals surface area contributed by atoms with Gasteiger partial charge in [-0.2, -0.15) is 0 Å². The first-order valence-corrected chi connectivity index (χ1v) is 8.33. The maximum atomic E-state index is 13.4. The Balaban J connectivity index is 1.83. The van der Waals surface area contributed by atoms with E-state index in [1.165, 1.54) is 18.2 Å². The lowest BCUT2D eigenvalue weighted by molar-refractivity contribution is -0.154. The van der Waals surface area contributed by atoms with Crippen LogP contribution in [0.25, 0.3) is 0 Å². The molecule has 0 heterocycles. The van der Waals surface area contributed by atoms with E-state index in [9.17, 15) is 14.0 Å². The van der Waals surface area contributed by atoms with E-state index in [1.807, 2.05) is 44.2 Å². The Bertz CT molecular complexity index is 734. The maximum Gasteiger partial charge on any atom is 0.344 e. The summed E-state index contributed by atoms with van der Waals surface area (Å²) in [7, 11) is 0. The van der Waals surface area contributed by atoms with Gasteiger partial charge in [-0.1, -0.05) is 42.5 Å². The molecule has 2 aromatic carbocycles. The fourth-order valence-corrected chi connectivity index (χ4v) is 2.30. The molecule has 0 atom stereocenters. The average Bonchev–Trinajstić information content (AvgIpc) is 2.64. The van der Waals surface area contributed by atoms with Gasteiger partial charge in [0.2, 0.25) is 0 Å². The van der Waals surface area contributed by atoms with Crippen LogP contribution >= 0.6 is 0 Å². The highest BCUT2D eigenvalue weighted by molar-refractivity contribution is 5.81. The molecule has 1 amide bonds. The number of hydrogen-bond acceptors (Lipinski definition) is 4. The van der Waals surface area contributed by atoms with Gasteiger partial charge in [0.15, 0.2) is 24.8 Å². The summed E-state index contributed by atoms with van der Waals surface area (Å²) in [6.45, 7) is 3.37. The van der Waals surface area contributed by atoms with Gasteiger partial charge in [0, 0.05) is 12.6 Å². The molecule has 0 aliphatic rings. The van der Waals surface area contributed by atoms with Crippen molar-refractivity contribution < 1.29 is 23.5 Å². The van der Waals surface area contributed by atoms with Crippen LogP contribution in [0, 0.1) is 5.82 Å². The average molecular weight is 359 g/mol. The molecule has 0 aromatic heterocycles. The van der Waals surface area contributed by atoms with Crippen LogP contribution in [0.2, 0.25) is 0 Å². The Labute approximate surface area is 152 Å². The van der Waals surface area contributed by atoms with Crippen LogP contribution in [0.5, 0.6) is 5.75 Å². The minimum atomic E-state index is -0.731. The highest BCUT2D eigenvalue weighted by Crippen LogP contribution is 2.15. The van der Waals surface area contributed by atoms with Crippen LogP contribution < -0.4 is 4.74 Å². The van der Waals surface area contributed by atoms with Crippen LogP contribution in [-0.2, 0) is 20.9 Å². The third-order valence-electron chi connectivity index (χ3n) is 3.68. The molecule has 2 rings (SSSR count). The van der Waals surface area contributed by atoms with Crippen LogP contribution in [0.15, 0.2) is 54.6 Å². The number of amides is 1. The molecule has 0 unspecified atom stereocenters. The van der Waals surface area contributed by atoms with Gasteiger partial charge in [-0.3, -0.25) is 4.79 Å². The molecule has 138 valence electrons. The molecule has 0 bridgehead atoms. The standard InChI is InChI=1S/C20H22FNO4/c1-15(2)22(12-16-8-4-3-5-9-16)19(23)13-26-20(24)14-25-18-11-7-6-10-17(18)21/h3-11,15H,12-14H2,1-2H3. The van der Waals surface area contributed by atoms with E-state index in [2.05, 4.69) is 0 Å². The Hall–Kier alpha value is -2.89. The molecule has 6 heteroatoms. The number of carbonyl (C=O) groups is 2. The maximum absolute atomic E-state index is 13.4. The summed E-state index contributed by atoms with van der Waals surface area (Å²) < 4.78 is 23.4. The first-order valence-electron chi connectivity index (χ1n) is 8.33. The van der Waals surface area contributed by atoms with E-state index in [4.69, 9.17) is 9.47 Å². The summed E-state index contributed by atoms with van der Waals surface area (Å²) in [5, 5.41) is 0. The molecule has 0 N–H and O–H groups in total. The quantitative estimate of drug-likeness (QED) is 0.679. The van der Waals surface area contributed by atoms with Crippen LogP contribution in [0.4, 0.5) is 4.39 Å². The molecule has 26 heavy (non-hydrogen) atoms. The zero-order chi connectivity index (χ0) is 18.9. The Morgan fingerprint density at radius 2 is 1.65 bits per heavy atom. The molecular formula is C20H22FNO4. The number of carbonyl (C=O) groups excluding carboxylic acids is 2. The summed E-state index contributed by atoms with van der Waals surface area (Å²) in [6.07, 6.45) is 0. The Morgan fingerprint density at radius 3 is 2.31 bits per heavy atom. The third kappa shape index (κ3) is 5.88. The topological polar surface area (TPSA) is 55.8 Å². The van der Waals surface area contributed by atoms with Crippen molar-refractivity contribution in [3.05, 3.63) is 66.0 Å². The van der Waals surface area contributed by atoms with E-state index < -0.39 is 18.4 Å². The molecule has 0 saturated carbocycles. The molecule has 0 fully saturated rings. The van der Waals surface area contributed by atoms with Gasteiger partial charge < -0.3 is 14.4 Å². The van der Waals surface area contributed by atoms with Crippen LogP contribution in [-0.4, -0.2) is 36.0 Å². The lowest BCUT2D eigenvalue weighted by Gasteiger charge is -2.26. The van der Waals surface area contributed by atoms with Crippen molar-refractivity contribution in [3.63, 3.8) is 0 Å². The van der Waals surface area contributed by atoms with Crippen molar-refractivity contribution in [3.8, 4) is 5.75 Å². The van der Waals surface area contributed by atoms with E-state index >= 15 is 0 Å². The van der Waals surface area contributed by atoms with Gasteiger partial charge in [0.05, 0.1) is 0 Å². The van der Waals surface area contributed by atoms with Crippen molar-refractivity contribution in [2.45, 2.75) is 26.4 Å². The van der Waals surface area contributed by atoms with Gasteiger partial charge in [0.25, 0.3) is 5.91 Å². The first-order chi connectivity index (χ1) is 12.5.